The van der Waals surface area contributed by atoms with Crippen LogP contribution in [0.5, 0.6) is 0 Å². The van der Waals surface area contributed by atoms with E-state index in [4.69, 9.17) is 16.6 Å². The lowest BCUT2D eigenvalue weighted by molar-refractivity contribution is 0.318. The second kappa shape index (κ2) is 27.4. The van der Waals surface area contributed by atoms with Gasteiger partial charge in [-0.2, -0.15) is 0 Å². The molecule has 0 radical (unpaired) electrons. The summed E-state index contributed by atoms with van der Waals surface area (Å²) in [5.41, 5.74) is 16.7. The van der Waals surface area contributed by atoms with Crippen LogP contribution in [-0.4, -0.2) is 24.8 Å². The van der Waals surface area contributed by atoms with E-state index in [0.29, 0.717) is 5.92 Å². The van der Waals surface area contributed by atoms with Gasteiger partial charge in [-0.3, -0.25) is 0 Å². The van der Waals surface area contributed by atoms with Crippen molar-refractivity contribution in [2.24, 2.45) is 23.3 Å². The van der Waals surface area contributed by atoms with Crippen LogP contribution in [0.4, 0.5) is 0 Å². The Kier molecular flexibility index (Phi) is 24.8. The van der Waals surface area contributed by atoms with Crippen LogP contribution in [0.3, 0.4) is 0 Å². The topological polar surface area (TPSA) is 72.3 Å². The van der Waals surface area contributed by atoms with Gasteiger partial charge in [-0.1, -0.05) is 126 Å². The van der Waals surface area contributed by atoms with E-state index in [-0.39, 0.29) is 6.61 Å². The van der Waals surface area contributed by atoms with Crippen LogP contribution in [0.1, 0.15) is 139 Å². The van der Waals surface area contributed by atoms with Gasteiger partial charge in [-0.15, -0.1) is 0 Å². The number of nitrogens with two attached hydrogens (primary N) is 2. The molecule has 2 fully saturated rings. The minimum absolute atomic E-state index is 0.250. The average molecular weight is 591 g/mol. The molecule has 0 bridgehead atoms. The van der Waals surface area contributed by atoms with Crippen molar-refractivity contribution in [1.82, 2.24) is 0 Å². The average Bonchev–Trinajstić information content (AvgIpc) is 3.48. The predicted molar refractivity (Wildman–Crippen MR) is 189 cm³/mol. The molecule has 2 aliphatic rings. The van der Waals surface area contributed by atoms with Crippen LogP contribution in [-0.2, 0) is 19.3 Å². The zero-order valence-corrected chi connectivity index (χ0v) is 28.2. The molecule has 0 spiro atoms. The summed E-state index contributed by atoms with van der Waals surface area (Å²) < 4.78 is 0. The van der Waals surface area contributed by atoms with Crippen LogP contribution >= 0.6 is 0 Å². The quantitative estimate of drug-likeness (QED) is 0.201. The number of benzene rings is 2. The zero-order chi connectivity index (χ0) is 31.4. The maximum atomic E-state index is 7.57. The van der Waals surface area contributed by atoms with Crippen molar-refractivity contribution < 1.29 is 5.11 Å². The molecule has 3 heteroatoms. The minimum atomic E-state index is 0.250. The van der Waals surface area contributed by atoms with Crippen LogP contribution < -0.4 is 11.5 Å². The highest BCUT2D eigenvalue weighted by atomic mass is 16.2. The molecule has 0 unspecified atom stereocenters. The smallest absolute Gasteiger partial charge is 0.0402 e. The van der Waals surface area contributed by atoms with Crippen LogP contribution in [0.2, 0.25) is 0 Å². The summed E-state index contributed by atoms with van der Waals surface area (Å²) in [6.07, 6.45) is 23.9. The van der Waals surface area contributed by atoms with Gasteiger partial charge in [0, 0.05) is 18.1 Å². The number of aryl methyl sites for hydroxylation is 3. The Morgan fingerprint density at radius 3 is 1.67 bits per heavy atom. The summed E-state index contributed by atoms with van der Waals surface area (Å²) in [7, 11) is 0. The maximum Gasteiger partial charge on any atom is 0.0402 e. The third-order valence-electron chi connectivity index (χ3n) is 8.35. The molecular weight excluding hydrogens is 524 g/mol. The first-order valence-electron chi connectivity index (χ1n) is 17.9. The van der Waals surface area contributed by atoms with E-state index in [9.17, 15) is 0 Å². The van der Waals surface area contributed by atoms with E-state index < -0.39 is 0 Å². The minimum Gasteiger partial charge on any atom is -0.397 e. The lowest BCUT2D eigenvalue weighted by Gasteiger charge is -2.14. The molecule has 43 heavy (non-hydrogen) atoms. The predicted octanol–water partition coefficient (Wildman–Crippen LogP) is 9.41. The van der Waals surface area contributed by atoms with Gasteiger partial charge in [0.2, 0.25) is 0 Å². The molecule has 0 amide bonds. The first-order chi connectivity index (χ1) is 21.2. The van der Waals surface area contributed by atoms with E-state index in [0.717, 1.165) is 44.7 Å². The molecule has 0 atom stereocenters. The monoisotopic (exact) mass is 591 g/mol. The Hall–Kier alpha value is -2.12. The largest absolute Gasteiger partial charge is 0.397 e. The zero-order valence-electron chi connectivity index (χ0n) is 28.2. The fraction of sp³-hybridized carbons (Fsp3) is 0.650. The summed E-state index contributed by atoms with van der Waals surface area (Å²) in [6.45, 7) is 7.49. The normalized spacial score (nSPS) is 15.5. The van der Waals surface area contributed by atoms with E-state index in [1.54, 1.807) is 6.92 Å². The van der Waals surface area contributed by atoms with Crippen molar-refractivity contribution in [1.29, 1.82) is 0 Å². The first-order valence-corrected chi connectivity index (χ1v) is 17.9. The number of aliphatic hydroxyl groups is 1. The molecule has 2 aromatic carbocycles. The molecule has 0 aliphatic heterocycles. The Morgan fingerprint density at radius 2 is 1.14 bits per heavy atom. The summed E-state index contributed by atoms with van der Waals surface area (Å²) in [5.74, 6) is 8.47. The van der Waals surface area contributed by atoms with Crippen molar-refractivity contribution >= 4 is 0 Å². The van der Waals surface area contributed by atoms with Crippen LogP contribution in [0.25, 0.3) is 0 Å². The Bertz CT molecular complexity index is 960. The molecule has 2 aliphatic carbocycles. The fourth-order valence-corrected chi connectivity index (χ4v) is 5.99. The molecule has 2 aromatic rings. The van der Waals surface area contributed by atoms with Gasteiger partial charge < -0.3 is 16.6 Å². The molecule has 4 rings (SSSR count). The van der Waals surface area contributed by atoms with Crippen molar-refractivity contribution in [3.63, 3.8) is 0 Å². The standard InChI is InChI=1S/C18H29N.C18H25N.C2H6O.C2H6/c2*19-14-6-11-17-9-5-10-18(15-17)13-12-16-7-3-1-2-4-8-16;1-2-3;1-2/h5,9-10,15-16H,1-4,6-8,11-14,19H2;5,9-10,15-16H,1-4,6-8,11,14,19H2;3H,2H2,1H3;1-2H3. The fourth-order valence-electron chi connectivity index (χ4n) is 5.99. The van der Waals surface area contributed by atoms with Crippen LogP contribution in [0.15, 0.2) is 48.5 Å². The van der Waals surface area contributed by atoms with E-state index in [2.05, 4.69) is 60.4 Å². The lowest BCUT2D eigenvalue weighted by Crippen LogP contribution is -2.02. The van der Waals surface area contributed by atoms with Gasteiger partial charge in [0.15, 0.2) is 0 Å². The van der Waals surface area contributed by atoms with Crippen molar-refractivity contribution in [2.75, 3.05) is 19.7 Å². The lowest BCUT2D eigenvalue weighted by atomic mass is 9.92. The molecule has 3 nitrogen and oxygen atoms in total. The summed E-state index contributed by atoms with van der Waals surface area (Å²) >= 11 is 0. The highest BCUT2D eigenvalue weighted by Gasteiger charge is 2.12. The molecule has 0 aromatic heterocycles. The SMILES string of the molecule is CC.CCO.NCCCc1cccc(C#CC2CCCCCC2)c1.NCCCc1cccc(CCC2CCCCCC2)c1. The maximum absolute atomic E-state index is 7.57. The highest BCUT2D eigenvalue weighted by molar-refractivity contribution is 5.37. The van der Waals surface area contributed by atoms with Gasteiger partial charge in [0.25, 0.3) is 0 Å². The molecule has 5 N–H and O–H groups in total. The van der Waals surface area contributed by atoms with Crippen molar-refractivity contribution in [2.45, 2.75) is 136 Å². The second-order valence-electron chi connectivity index (χ2n) is 12.0. The Morgan fingerprint density at radius 1 is 0.674 bits per heavy atom. The third-order valence-corrected chi connectivity index (χ3v) is 8.35. The summed E-state index contributed by atoms with van der Waals surface area (Å²) in [5, 5.41) is 7.57. The van der Waals surface area contributed by atoms with E-state index >= 15 is 0 Å². The number of hydrogen-bond acceptors (Lipinski definition) is 3. The van der Waals surface area contributed by atoms with E-state index in [1.165, 1.54) is 112 Å². The number of aliphatic hydroxyl groups excluding tert-OH is 1. The van der Waals surface area contributed by atoms with Gasteiger partial charge in [0.1, 0.15) is 0 Å². The molecule has 0 saturated heterocycles. The van der Waals surface area contributed by atoms with E-state index in [1.807, 2.05) is 13.8 Å². The second-order valence-corrected chi connectivity index (χ2v) is 12.0. The van der Waals surface area contributed by atoms with Gasteiger partial charge in [0.05, 0.1) is 0 Å². The molecule has 0 heterocycles. The summed E-state index contributed by atoms with van der Waals surface area (Å²) in [4.78, 5) is 0. The molecular formula is C40H66N2O. The van der Waals surface area contributed by atoms with Crippen molar-refractivity contribution in [3.05, 3.63) is 70.8 Å². The molecule has 242 valence electrons. The number of hydrogen-bond donors (Lipinski definition) is 3. The van der Waals surface area contributed by atoms with Gasteiger partial charge in [-0.25, -0.2) is 0 Å². The highest BCUT2D eigenvalue weighted by Crippen LogP contribution is 2.27. The first kappa shape index (κ1) is 38.9. The summed E-state index contributed by atoms with van der Waals surface area (Å²) in [6, 6.07) is 17.8. The Balaban J connectivity index is 0.000000374. The van der Waals surface area contributed by atoms with Crippen LogP contribution in [0, 0.1) is 23.7 Å². The Labute approximate surface area is 266 Å². The van der Waals surface area contributed by atoms with Gasteiger partial charge >= 0.3 is 0 Å². The van der Waals surface area contributed by atoms with Gasteiger partial charge in [-0.05, 0) is 106 Å². The van der Waals surface area contributed by atoms with Crippen molar-refractivity contribution in [3.8, 4) is 11.8 Å². The molecule has 2 saturated carbocycles. The third kappa shape index (κ3) is 19.7. The number of rotatable bonds is 9.